The van der Waals surface area contributed by atoms with E-state index in [2.05, 4.69) is 26.1 Å². The summed E-state index contributed by atoms with van der Waals surface area (Å²) in [6, 6.07) is 19.6. The highest BCUT2D eigenvalue weighted by atomic mass is 32.1. The molecule has 0 unspecified atom stereocenters. The summed E-state index contributed by atoms with van der Waals surface area (Å²) < 4.78 is 1.93. The summed E-state index contributed by atoms with van der Waals surface area (Å²) in [6.07, 6.45) is 1.68. The van der Waals surface area contributed by atoms with Gasteiger partial charge in [0.15, 0.2) is 5.82 Å². The average Bonchev–Trinajstić information content (AvgIpc) is 3.44. The van der Waals surface area contributed by atoms with E-state index >= 15 is 0 Å². The fourth-order valence-corrected chi connectivity index (χ4v) is 3.76. The largest absolute Gasteiger partial charge is 0.324 e. The zero-order chi connectivity index (χ0) is 21.6. The van der Waals surface area contributed by atoms with Crippen LogP contribution < -0.4 is 16.0 Å². The van der Waals surface area contributed by atoms with Crippen LogP contribution in [0, 0.1) is 0 Å². The molecule has 0 saturated carbocycles. The Hall–Kier alpha value is -3.98. The van der Waals surface area contributed by atoms with E-state index in [4.69, 9.17) is 0 Å². The van der Waals surface area contributed by atoms with E-state index in [9.17, 15) is 9.59 Å². The van der Waals surface area contributed by atoms with Crippen molar-refractivity contribution in [1.82, 2.24) is 14.8 Å². The summed E-state index contributed by atoms with van der Waals surface area (Å²) in [5.74, 6) is 0.487. The number of hydrogen-bond donors (Lipinski definition) is 3. The van der Waals surface area contributed by atoms with Gasteiger partial charge in [-0.3, -0.25) is 10.1 Å². The third kappa shape index (κ3) is 4.96. The predicted molar refractivity (Wildman–Crippen MR) is 122 cm³/mol. The quantitative estimate of drug-likeness (QED) is 0.402. The Bertz CT molecular complexity index is 1200. The third-order valence-corrected chi connectivity index (χ3v) is 5.43. The van der Waals surface area contributed by atoms with Crippen LogP contribution in [0.2, 0.25) is 0 Å². The second kappa shape index (κ2) is 9.23. The lowest BCUT2D eigenvalue weighted by Gasteiger charge is -2.07. The minimum Gasteiger partial charge on any atom is -0.321 e. The number of nitrogens with one attached hydrogen (secondary N) is 3. The molecule has 0 aliphatic rings. The lowest BCUT2D eigenvalue weighted by molar-refractivity contribution is 0.103. The van der Waals surface area contributed by atoms with E-state index in [-0.39, 0.29) is 11.9 Å². The first-order valence-corrected chi connectivity index (χ1v) is 10.5. The van der Waals surface area contributed by atoms with Gasteiger partial charge in [-0.15, -0.1) is 21.5 Å². The number of para-hydroxylation sites is 1. The molecule has 4 aromatic rings. The van der Waals surface area contributed by atoms with Gasteiger partial charge in [0.25, 0.3) is 5.91 Å². The molecule has 0 fully saturated rings. The number of carbonyl (C=O) groups excluding carboxylic acids is 2. The maximum absolute atomic E-state index is 12.7. The lowest BCUT2D eigenvalue weighted by Crippen LogP contribution is -2.18. The van der Waals surface area contributed by atoms with Crippen LogP contribution in [-0.4, -0.2) is 26.7 Å². The van der Waals surface area contributed by atoms with Gasteiger partial charge in [-0.25, -0.2) is 4.79 Å². The minimum atomic E-state index is -0.368. The summed E-state index contributed by atoms with van der Waals surface area (Å²) >= 11 is 1.20. The maximum Gasteiger partial charge on any atom is 0.324 e. The molecule has 2 aromatic heterocycles. The highest BCUT2D eigenvalue weighted by molar-refractivity contribution is 7.18. The minimum absolute atomic E-state index is 0.254. The topological polar surface area (TPSA) is 101 Å². The van der Waals surface area contributed by atoms with Gasteiger partial charge in [-0.05, 0) is 43.3 Å². The Labute approximate surface area is 183 Å². The first-order valence-electron chi connectivity index (χ1n) is 9.65. The van der Waals surface area contributed by atoms with Crippen molar-refractivity contribution in [2.45, 2.75) is 13.5 Å². The van der Waals surface area contributed by atoms with Crippen molar-refractivity contribution in [1.29, 1.82) is 0 Å². The van der Waals surface area contributed by atoms with Crippen molar-refractivity contribution in [3.8, 4) is 11.4 Å². The van der Waals surface area contributed by atoms with Gasteiger partial charge in [0.2, 0.25) is 0 Å². The summed E-state index contributed by atoms with van der Waals surface area (Å²) in [7, 11) is 0. The van der Waals surface area contributed by atoms with E-state index in [0.717, 1.165) is 17.9 Å². The van der Waals surface area contributed by atoms with Gasteiger partial charge in [0.1, 0.15) is 6.33 Å². The van der Waals surface area contributed by atoms with Gasteiger partial charge in [0.05, 0.1) is 9.88 Å². The number of anilines is 3. The Kier molecular flexibility index (Phi) is 6.04. The van der Waals surface area contributed by atoms with Crippen LogP contribution in [0.4, 0.5) is 21.2 Å². The molecule has 0 spiro atoms. The Balaban J connectivity index is 1.40. The Morgan fingerprint density at radius 2 is 1.74 bits per heavy atom. The van der Waals surface area contributed by atoms with Crippen LogP contribution in [0.1, 0.15) is 16.6 Å². The number of aryl methyl sites for hydroxylation is 1. The molecular formula is C22H20N6O2S. The molecule has 31 heavy (non-hydrogen) atoms. The number of rotatable bonds is 6. The monoisotopic (exact) mass is 432 g/mol. The van der Waals surface area contributed by atoms with Gasteiger partial charge >= 0.3 is 6.03 Å². The fraction of sp³-hybridized carbons (Fsp3) is 0.0909. The SMILES string of the molecule is CCn1cnnc1-c1cccc(NC(=O)c2ccc(NC(=O)Nc3ccccc3)s2)c1. The third-order valence-electron chi connectivity index (χ3n) is 4.43. The number of thiophene rings is 1. The summed E-state index contributed by atoms with van der Waals surface area (Å²) in [4.78, 5) is 25.3. The molecule has 8 nitrogen and oxygen atoms in total. The number of benzene rings is 2. The van der Waals surface area contributed by atoms with Crippen LogP contribution in [0.5, 0.6) is 0 Å². The van der Waals surface area contributed by atoms with Gasteiger partial charge in [-0.1, -0.05) is 30.3 Å². The molecule has 0 aliphatic heterocycles. The van der Waals surface area contributed by atoms with Gasteiger partial charge in [0, 0.05) is 23.5 Å². The lowest BCUT2D eigenvalue weighted by atomic mass is 10.2. The molecule has 3 amide bonds. The van der Waals surface area contributed by atoms with Crippen molar-refractivity contribution in [3.63, 3.8) is 0 Å². The Morgan fingerprint density at radius 1 is 0.935 bits per heavy atom. The van der Waals surface area contributed by atoms with Crippen LogP contribution >= 0.6 is 11.3 Å². The number of aromatic nitrogens is 3. The van der Waals surface area contributed by atoms with E-state index in [1.807, 2.05) is 54.0 Å². The van der Waals surface area contributed by atoms with Crippen molar-refractivity contribution in [2.75, 3.05) is 16.0 Å². The van der Waals surface area contributed by atoms with E-state index in [1.165, 1.54) is 11.3 Å². The predicted octanol–water partition coefficient (Wildman–Crippen LogP) is 4.92. The molecule has 9 heteroatoms. The number of hydrogen-bond acceptors (Lipinski definition) is 5. The number of nitrogens with zero attached hydrogens (tertiary/aromatic N) is 3. The molecule has 0 saturated heterocycles. The van der Waals surface area contributed by atoms with Crippen molar-refractivity contribution in [2.24, 2.45) is 0 Å². The first-order chi connectivity index (χ1) is 15.1. The molecular weight excluding hydrogens is 412 g/mol. The number of amides is 3. The highest BCUT2D eigenvalue weighted by Crippen LogP contribution is 2.25. The zero-order valence-corrected chi connectivity index (χ0v) is 17.5. The number of carbonyl (C=O) groups is 2. The van der Waals surface area contributed by atoms with E-state index in [0.29, 0.717) is 21.3 Å². The molecule has 156 valence electrons. The Morgan fingerprint density at radius 3 is 2.55 bits per heavy atom. The zero-order valence-electron chi connectivity index (χ0n) is 16.7. The van der Waals surface area contributed by atoms with Crippen molar-refractivity contribution in [3.05, 3.63) is 77.9 Å². The second-order valence-electron chi connectivity index (χ2n) is 6.58. The average molecular weight is 433 g/mol. The van der Waals surface area contributed by atoms with Gasteiger partial charge < -0.3 is 15.2 Å². The molecule has 0 bridgehead atoms. The van der Waals surface area contributed by atoms with Gasteiger partial charge in [-0.2, -0.15) is 0 Å². The highest BCUT2D eigenvalue weighted by Gasteiger charge is 2.13. The normalized spacial score (nSPS) is 10.5. The molecule has 0 radical (unpaired) electrons. The van der Waals surface area contributed by atoms with Crippen molar-refractivity contribution < 1.29 is 9.59 Å². The molecule has 0 atom stereocenters. The molecule has 4 rings (SSSR count). The first kappa shape index (κ1) is 20.3. The van der Waals surface area contributed by atoms with Crippen LogP contribution in [0.3, 0.4) is 0 Å². The van der Waals surface area contributed by atoms with Crippen LogP contribution in [-0.2, 0) is 6.54 Å². The molecule has 2 aromatic carbocycles. The maximum atomic E-state index is 12.7. The molecule has 3 N–H and O–H groups in total. The van der Waals surface area contributed by atoms with E-state index in [1.54, 1.807) is 30.6 Å². The summed E-state index contributed by atoms with van der Waals surface area (Å²) in [6.45, 7) is 2.77. The van der Waals surface area contributed by atoms with Crippen LogP contribution in [0.15, 0.2) is 73.1 Å². The number of urea groups is 1. The van der Waals surface area contributed by atoms with Crippen LogP contribution in [0.25, 0.3) is 11.4 Å². The second-order valence-corrected chi connectivity index (χ2v) is 7.67. The standard InChI is InChI=1S/C22H20N6O2S/c1-2-28-14-23-27-20(28)15-7-6-10-17(13-15)24-21(29)18-11-12-19(31-18)26-22(30)25-16-8-4-3-5-9-16/h3-14H,2H2,1H3,(H,24,29)(H2,25,26,30). The fourth-order valence-electron chi connectivity index (χ4n) is 2.96. The summed E-state index contributed by atoms with van der Waals surface area (Å²) in [5.41, 5.74) is 2.20. The van der Waals surface area contributed by atoms with E-state index < -0.39 is 0 Å². The molecule has 2 heterocycles. The van der Waals surface area contributed by atoms with Crippen molar-refractivity contribution >= 4 is 39.7 Å². The molecule has 0 aliphatic carbocycles. The summed E-state index contributed by atoms with van der Waals surface area (Å²) in [5, 5.41) is 17.0. The smallest absolute Gasteiger partial charge is 0.321 e.